The first-order valence-corrected chi connectivity index (χ1v) is 6.88. The van der Waals surface area contributed by atoms with Crippen LogP contribution in [0.1, 0.15) is 42.7 Å². The van der Waals surface area contributed by atoms with E-state index in [2.05, 4.69) is 43.1 Å². The Hall–Kier alpha value is -1.87. The quantitative estimate of drug-likeness (QED) is 0.905. The fourth-order valence-corrected chi connectivity index (χ4v) is 2.10. The van der Waals surface area contributed by atoms with Crippen molar-refractivity contribution in [1.29, 1.82) is 0 Å². The van der Waals surface area contributed by atoms with Crippen LogP contribution < -0.4 is 4.74 Å². The molecule has 0 amide bonds. The van der Waals surface area contributed by atoms with Crippen molar-refractivity contribution in [2.24, 2.45) is 0 Å². The Labute approximate surface area is 120 Å². The minimum Gasteiger partial charge on any atom is -0.481 e. The molecule has 2 aromatic rings. The van der Waals surface area contributed by atoms with Gasteiger partial charge in [-0.1, -0.05) is 44.2 Å². The highest BCUT2D eigenvalue weighted by molar-refractivity contribution is 5.26. The third-order valence-corrected chi connectivity index (χ3v) is 3.37. The lowest BCUT2D eigenvalue weighted by atomic mass is 9.99. The van der Waals surface area contributed by atoms with Crippen molar-refractivity contribution in [3.63, 3.8) is 0 Å². The Kier molecular flexibility index (Phi) is 4.74. The van der Waals surface area contributed by atoms with E-state index in [0.717, 1.165) is 5.56 Å². The molecule has 1 unspecified atom stereocenters. The summed E-state index contributed by atoms with van der Waals surface area (Å²) < 4.78 is 5.08. The molecule has 3 nitrogen and oxygen atoms in total. The monoisotopic (exact) mass is 271 g/mol. The number of rotatable bonds is 5. The van der Waals surface area contributed by atoms with Gasteiger partial charge in [0.05, 0.1) is 12.8 Å². The number of ether oxygens (including phenoxy) is 1. The van der Waals surface area contributed by atoms with E-state index >= 15 is 0 Å². The third-order valence-electron chi connectivity index (χ3n) is 3.37. The number of hydrogen-bond donors (Lipinski definition) is 1. The Morgan fingerprint density at radius 1 is 1.10 bits per heavy atom. The van der Waals surface area contributed by atoms with Crippen LogP contribution in [0, 0.1) is 0 Å². The number of pyridine rings is 1. The molecule has 0 spiro atoms. The first kappa shape index (κ1) is 14.5. The number of hydrogen-bond acceptors (Lipinski definition) is 3. The van der Waals surface area contributed by atoms with E-state index in [1.165, 1.54) is 5.56 Å². The normalized spacial score (nSPS) is 12.4. The van der Waals surface area contributed by atoms with E-state index in [1.54, 1.807) is 13.2 Å². The van der Waals surface area contributed by atoms with Crippen LogP contribution in [0.4, 0.5) is 0 Å². The SMILES string of the molecule is COc1cccc(C(O)Cc2ccc(C(C)C)cc2)n1. The predicted molar refractivity (Wildman–Crippen MR) is 80.0 cm³/mol. The first-order chi connectivity index (χ1) is 9.60. The van der Waals surface area contributed by atoms with Crippen molar-refractivity contribution in [3.05, 3.63) is 59.3 Å². The van der Waals surface area contributed by atoms with Crippen LogP contribution in [0.2, 0.25) is 0 Å². The molecule has 0 saturated carbocycles. The fraction of sp³-hybridized carbons (Fsp3) is 0.353. The van der Waals surface area contributed by atoms with Gasteiger partial charge < -0.3 is 9.84 Å². The van der Waals surface area contributed by atoms with Gasteiger partial charge in [-0.05, 0) is 23.1 Å². The molecule has 20 heavy (non-hydrogen) atoms. The van der Waals surface area contributed by atoms with Crippen LogP contribution in [-0.4, -0.2) is 17.2 Å². The average Bonchev–Trinajstić information content (AvgIpc) is 2.47. The fourth-order valence-electron chi connectivity index (χ4n) is 2.10. The van der Waals surface area contributed by atoms with Crippen LogP contribution in [-0.2, 0) is 6.42 Å². The van der Waals surface area contributed by atoms with Crippen LogP contribution in [0.5, 0.6) is 5.88 Å². The zero-order valence-corrected chi connectivity index (χ0v) is 12.2. The van der Waals surface area contributed by atoms with Crippen molar-refractivity contribution >= 4 is 0 Å². The Balaban J connectivity index is 2.08. The molecule has 106 valence electrons. The maximum Gasteiger partial charge on any atom is 0.213 e. The van der Waals surface area contributed by atoms with E-state index in [-0.39, 0.29) is 0 Å². The van der Waals surface area contributed by atoms with Gasteiger partial charge >= 0.3 is 0 Å². The van der Waals surface area contributed by atoms with Gasteiger partial charge in [0.15, 0.2) is 0 Å². The molecule has 0 fully saturated rings. The van der Waals surface area contributed by atoms with Crippen LogP contribution in [0.15, 0.2) is 42.5 Å². The molecule has 1 N–H and O–H groups in total. The standard InChI is InChI=1S/C17H21NO2/c1-12(2)14-9-7-13(8-10-14)11-16(19)15-5-4-6-17(18-15)20-3/h4-10,12,16,19H,11H2,1-3H3. The van der Waals surface area contributed by atoms with Gasteiger partial charge in [0.2, 0.25) is 5.88 Å². The van der Waals surface area contributed by atoms with Gasteiger partial charge in [0.1, 0.15) is 6.10 Å². The smallest absolute Gasteiger partial charge is 0.213 e. The van der Waals surface area contributed by atoms with E-state index in [0.29, 0.717) is 23.9 Å². The van der Waals surface area contributed by atoms with Crippen molar-refractivity contribution in [2.75, 3.05) is 7.11 Å². The molecule has 1 heterocycles. The largest absolute Gasteiger partial charge is 0.481 e. The molecule has 1 aromatic carbocycles. The zero-order valence-electron chi connectivity index (χ0n) is 12.2. The summed E-state index contributed by atoms with van der Waals surface area (Å²) in [7, 11) is 1.57. The summed E-state index contributed by atoms with van der Waals surface area (Å²) in [5, 5.41) is 10.3. The minimum absolute atomic E-state index is 0.522. The van der Waals surface area contributed by atoms with E-state index in [1.807, 2.05) is 12.1 Å². The molecule has 0 bridgehead atoms. The highest BCUT2D eigenvalue weighted by atomic mass is 16.5. The van der Waals surface area contributed by atoms with Crippen LogP contribution in [0.3, 0.4) is 0 Å². The summed E-state index contributed by atoms with van der Waals surface area (Å²) in [5.74, 6) is 1.05. The maximum atomic E-state index is 10.3. The maximum absolute atomic E-state index is 10.3. The summed E-state index contributed by atoms with van der Waals surface area (Å²) in [4.78, 5) is 4.26. The van der Waals surface area contributed by atoms with Gasteiger partial charge in [-0.2, -0.15) is 0 Å². The summed E-state index contributed by atoms with van der Waals surface area (Å²) in [6.45, 7) is 4.34. The summed E-state index contributed by atoms with van der Waals surface area (Å²) in [6.07, 6.45) is -0.0616. The topological polar surface area (TPSA) is 42.4 Å². The number of aromatic nitrogens is 1. The second-order valence-electron chi connectivity index (χ2n) is 5.22. The molecule has 0 radical (unpaired) electrons. The minimum atomic E-state index is -0.616. The number of nitrogens with zero attached hydrogens (tertiary/aromatic N) is 1. The molecule has 0 aliphatic rings. The molecular formula is C17H21NO2. The second-order valence-corrected chi connectivity index (χ2v) is 5.22. The summed E-state index contributed by atoms with van der Waals surface area (Å²) in [6, 6.07) is 13.8. The van der Waals surface area contributed by atoms with Gasteiger partial charge in [-0.15, -0.1) is 0 Å². The zero-order chi connectivity index (χ0) is 14.5. The Morgan fingerprint density at radius 2 is 1.80 bits per heavy atom. The summed E-state index contributed by atoms with van der Waals surface area (Å²) in [5.41, 5.74) is 3.05. The Morgan fingerprint density at radius 3 is 2.40 bits per heavy atom. The number of aliphatic hydroxyl groups excluding tert-OH is 1. The molecule has 0 aliphatic heterocycles. The number of benzene rings is 1. The van der Waals surface area contributed by atoms with E-state index in [4.69, 9.17) is 4.74 Å². The predicted octanol–water partition coefficient (Wildman–Crippen LogP) is 3.49. The van der Waals surface area contributed by atoms with Gasteiger partial charge in [0.25, 0.3) is 0 Å². The molecular weight excluding hydrogens is 250 g/mol. The molecule has 1 aromatic heterocycles. The average molecular weight is 271 g/mol. The van der Waals surface area contributed by atoms with Gasteiger partial charge in [0, 0.05) is 12.5 Å². The molecule has 3 heteroatoms. The number of methoxy groups -OCH3 is 1. The lowest BCUT2D eigenvalue weighted by molar-refractivity contribution is 0.172. The summed E-state index contributed by atoms with van der Waals surface area (Å²) >= 11 is 0. The Bertz CT molecular complexity index is 549. The van der Waals surface area contributed by atoms with Gasteiger partial charge in [-0.25, -0.2) is 4.98 Å². The highest BCUT2D eigenvalue weighted by Crippen LogP contribution is 2.20. The van der Waals surface area contributed by atoms with Crippen LogP contribution >= 0.6 is 0 Å². The molecule has 2 rings (SSSR count). The van der Waals surface area contributed by atoms with Crippen molar-refractivity contribution in [1.82, 2.24) is 4.98 Å². The van der Waals surface area contributed by atoms with Crippen molar-refractivity contribution in [2.45, 2.75) is 32.3 Å². The second kappa shape index (κ2) is 6.53. The lowest BCUT2D eigenvalue weighted by Crippen LogP contribution is -2.05. The lowest BCUT2D eigenvalue weighted by Gasteiger charge is -2.12. The highest BCUT2D eigenvalue weighted by Gasteiger charge is 2.11. The van der Waals surface area contributed by atoms with Gasteiger partial charge in [-0.3, -0.25) is 0 Å². The molecule has 0 saturated heterocycles. The van der Waals surface area contributed by atoms with E-state index < -0.39 is 6.10 Å². The van der Waals surface area contributed by atoms with Crippen molar-refractivity contribution in [3.8, 4) is 5.88 Å². The van der Waals surface area contributed by atoms with Crippen LogP contribution in [0.25, 0.3) is 0 Å². The van der Waals surface area contributed by atoms with E-state index in [9.17, 15) is 5.11 Å². The van der Waals surface area contributed by atoms with Crippen molar-refractivity contribution < 1.29 is 9.84 Å². The first-order valence-electron chi connectivity index (χ1n) is 6.88. The third kappa shape index (κ3) is 3.58. The molecule has 1 atom stereocenters. The number of aliphatic hydroxyl groups is 1. The molecule has 0 aliphatic carbocycles.